The Morgan fingerprint density at radius 2 is 1.05 bits per heavy atom. The molecular weight excluding hydrogens is 468 g/mol. The average molecular weight is 484 g/mol. The van der Waals surface area contributed by atoms with E-state index in [2.05, 4.69) is 19.9 Å². The summed E-state index contributed by atoms with van der Waals surface area (Å²) in [7, 11) is 0. The molecule has 0 saturated carbocycles. The molecule has 0 amide bonds. The Morgan fingerprint density at radius 3 is 1.57 bits per heavy atom. The third kappa shape index (κ3) is 3.38. The van der Waals surface area contributed by atoms with E-state index in [1.54, 1.807) is 49.1 Å². The minimum Gasteiger partial charge on any atom is -0.419 e. The fraction of sp³-hybridized carbons (Fsp3) is 0.0345. The monoisotopic (exact) mass is 484 g/mol. The van der Waals surface area contributed by atoms with Crippen LogP contribution in [0.5, 0.6) is 0 Å². The molecule has 6 aromatic heterocycles. The van der Waals surface area contributed by atoms with Crippen molar-refractivity contribution in [3.05, 3.63) is 129 Å². The van der Waals surface area contributed by atoms with E-state index < -0.39 is 11.3 Å². The topological polar surface area (TPSA) is 112 Å². The first-order valence-corrected chi connectivity index (χ1v) is 11.6. The number of rotatable bonds is 3. The maximum atomic E-state index is 12.6. The largest absolute Gasteiger partial charge is 0.419 e. The molecule has 0 fully saturated rings. The third-order valence-electron chi connectivity index (χ3n) is 6.46. The molecule has 6 heterocycles. The molecule has 8 heteroatoms. The van der Waals surface area contributed by atoms with Crippen molar-refractivity contribution in [2.45, 2.75) is 5.92 Å². The van der Waals surface area contributed by atoms with E-state index >= 15 is 0 Å². The van der Waals surface area contributed by atoms with Crippen LogP contribution in [-0.2, 0) is 0 Å². The van der Waals surface area contributed by atoms with Crippen LogP contribution in [0, 0.1) is 0 Å². The van der Waals surface area contributed by atoms with Gasteiger partial charge in [-0.1, -0.05) is 30.3 Å². The summed E-state index contributed by atoms with van der Waals surface area (Å²) in [5, 5.41) is 1.21. The van der Waals surface area contributed by atoms with Crippen molar-refractivity contribution in [3.63, 3.8) is 0 Å². The van der Waals surface area contributed by atoms with Crippen LogP contribution in [0.4, 0.5) is 0 Å². The standard InChI is InChI=1S/C29H16N4O4/c34-28-26-19(24-21(36-28)8-4-10-30-24)12-17(14-32-26)23(16-6-2-1-3-7-16)18-13-20-25-22(9-5-11-31-25)37-29(35)27(20)33-15-18/h1-15,23H. The van der Waals surface area contributed by atoms with Gasteiger partial charge >= 0.3 is 11.3 Å². The molecule has 8 nitrogen and oxygen atoms in total. The summed E-state index contributed by atoms with van der Waals surface area (Å²) < 4.78 is 10.8. The fourth-order valence-corrected chi connectivity index (χ4v) is 4.83. The molecule has 0 N–H and O–H groups in total. The molecule has 0 unspecified atom stereocenters. The Labute approximate surface area is 207 Å². The first kappa shape index (κ1) is 21.1. The van der Waals surface area contributed by atoms with Gasteiger partial charge in [-0.2, -0.15) is 0 Å². The molecule has 0 aliphatic rings. The van der Waals surface area contributed by atoms with Crippen molar-refractivity contribution in [1.82, 2.24) is 19.9 Å². The number of pyridine rings is 4. The first-order chi connectivity index (χ1) is 18.2. The number of benzene rings is 1. The molecule has 0 aliphatic heterocycles. The molecule has 7 aromatic rings. The maximum absolute atomic E-state index is 12.6. The summed E-state index contributed by atoms with van der Waals surface area (Å²) in [4.78, 5) is 43.1. The van der Waals surface area contributed by atoms with Crippen LogP contribution in [0.1, 0.15) is 22.6 Å². The van der Waals surface area contributed by atoms with Gasteiger partial charge in [-0.25, -0.2) is 19.6 Å². The Kier molecular flexibility index (Phi) is 4.65. The van der Waals surface area contributed by atoms with Crippen LogP contribution in [0.2, 0.25) is 0 Å². The number of hydrogen-bond donors (Lipinski definition) is 0. The maximum Gasteiger partial charge on any atom is 0.363 e. The number of nitrogens with zero attached hydrogens (tertiary/aromatic N) is 4. The van der Waals surface area contributed by atoms with Gasteiger partial charge in [0.15, 0.2) is 22.2 Å². The fourth-order valence-electron chi connectivity index (χ4n) is 4.83. The van der Waals surface area contributed by atoms with Gasteiger partial charge in [0.05, 0.1) is 0 Å². The normalized spacial score (nSPS) is 11.7. The quantitative estimate of drug-likeness (QED) is 0.323. The molecule has 0 bridgehead atoms. The minimum absolute atomic E-state index is 0.214. The Morgan fingerprint density at radius 1 is 0.541 bits per heavy atom. The lowest BCUT2D eigenvalue weighted by Crippen LogP contribution is -2.09. The van der Waals surface area contributed by atoms with Crippen molar-refractivity contribution in [2.24, 2.45) is 0 Å². The summed E-state index contributed by atoms with van der Waals surface area (Å²) in [6, 6.07) is 20.6. The van der Waals surface area contributed by atoms with Crippen LogP contribution >= 0.6 is 0 Å². The first-order valence-electron chi connectivity index (χ1n) is 11.6. The minimum atomic E-state index is -0.519. The van der Waals surface area contributed by atoms with Crippen molar-refractivity contribution < 1.29 is 8.83 Å². The average Bonchev–Trinajstić information content (AvgIpc) is 2.94. The molecular formula is C29H16N4O4. The highest BCUT2D eigenvalue weighted by atomic mass is 16.4. The van der Waals surface area contributed by atoms with Gasteiger partial charge in [0.25, 0.3) is 0 Å². The van der Waals surface area contributed by atoms with Crippen LogP contribution in [0.15, 0.2) is 110 Å². The molecule has 0 saturated heterocycles. The van der Waals surface area contributed by atoms with Gasteiger partial charge in [0, 0.05) is 41.5 Å². The predicted molar refractivity (Wildman–Crippen MR) is 139 cm³/mol. The van der Waals surface area contributed by atoms with Gasteiger partial charge in [-0.3, -0.25) is 9.97 Å². The van der Waals surface area contributed by atoms with Gasteiger partial charge in [0.2, 0.25) is 0 Å². The zero-order valence-electron chi connectivity index (χ0n) is 19.2. The highest BCUT2D eigenvalue weighted by molar-refractivity contribution is 6.01. The zero-order valence-corrected chi connectivity index (χ0v) is 19.2. The Hall–Kier alpha value is -5.24. The second kappa shape index (κ2) is 8.17. The molecule has 176 valence electrons. The number of aromatic nitrogens is 4. The summed E-state index contributed by atoms with van der Waals surface area (Å²) in [5.74, 6) is -0.299. The predicted octanol–water partition coefficient (Wildman–Crippen LogP) is 4.97. The summed E-state index contributed by atoms with van der Waals surface area (Å²) in [5.41, 5.74) is 3.95. The van der Waals surface area contributed by atoms with E-state index in [0.717, 1.165) is 16.7 Å². The van der Waals surface area contributed by atoms with Gasteiger partial charge in [-0.05, 0) is 53.1 Å². The van der Waals surface area contributed by atoms with Gasteiger partial charge in [0.1, 0.15) is 11.0 Å². The van der Waals surface area contributed by atoms with E-state index in [9.17, 15) is 9.59 Å². The summed E-state index contributed by atoms with van der Waals surface area (Å²) in [6.07, 6.45) is 6.65. The lowest BCUT2D eigenvalue weighted by atomic mass is 9.86. The van der Waals surface area contributed by atoms with Crippen molar-refractivity contribution in [1.29, 1.82) is 0 Å². The van der Waals surface area contributed by atoms with Crippen LogP contribution in [0.25, 0.3) is 44.0 Å². The lowest BCUT2D eigenvalue weighted by Gasteiger charge is -2.19. The highest BCUT2D eigenvalue weighted by Gasteiger charge is 2.22. The number of fused-ring (bicyclic) bond motifs is 6. The van der Waals surface area contributed by atoms with Crippen molar-refractivity contribution in [2.75, 3.05) is 0 Å². The van der Waals surface area contributed by atoms with E-state index in [1.807, 2.05) is 42.5 Å². The highest BCUT2D eigenvalue weighted by Crippen LogP contribution is 2.35. The van der Waals surface area contributed by atoms with Gasteiger partial charge < -0.3 is 8.83 Å². The third-order valence-corrected chi connectivity index (χ3v) is 6.46. The molecule has 0 spiro atoms. The molecule has 1 aromatic carbocycles. The van der Waals surface area contributed by atoms with Crippen molar-refractivity contribution in [3.8, 4) is 0 Å². The zero-order chi connectivity index (χ0) is 24.9. The van der Waals surface area contributed by atoms with E-state index in [0.29, 0.717) is 33.0 Å². The summed E-state index contributed by atoms with van der Waals surface area (Å²) in [6.45, 7) is 0. The second-order valence-corrected chi connectivity index (χ2v) is 8.65. The second-order valence-electron chi connectivity index (χ2n) is 8.65. The molecule has 0 atom stereocenters. The van der Waals surface area contributed by atoms with Crippen molar-refractivity contribution >= 4 is 44.0 Å². The van der Waals surface area contributed by atoms with Crippen LogP contribution in [0.3, 0.4) is 0 Å². The van der Waals surface area contributed by atoms with Crippen LogP contribution < -0.4 is 11.3 Å². The van der Waals surface area contributed by atoms with Gasteiger partial charge in [-0.15, -0.1) is 0 Å². The Bertz CT molecular complexity index is 1970. The van der Waals surface area contributed by atoms with E-state index in [4.69, 9.17) is 8.83 Å². The Balaban J connectivity index is 1.53. The summed E-state index contributed by atoms with van der Waals surface area (Å²) >= 11 is 0. The SMILES string of the molecule is O=c1oc2cccnc2c2cc(C(c3ccccc3)c3cnc4c(=O)oc5cccnc5c4c3)cnc12. The molecule has 0 radical (unpaired) electrons. The van der Waals surface area contributed by atoms with E-state index in [-0.39, 0.29) is 17.0 Å². The van der Waals surface area contributed by atoms with E-state index in [1.165, 1.54) is 0 Å². The van der Waals surface area contributed by atoms with Crippen LogP contribution in [-0.4, -0.2) is 19.9 Å². The molecule has 37 heavy (non-hydrogen) atoms. The lowest BCUT2D eigenvalue weighted by molar-refractivity contribution is 0.566. The number of hydrogen-bond acceptors (Lipinski definition) is 8. The molecule has 0 aliphatic carbocycles. The smallest absolute Gasteiger partial charge is 0.363 e. The molecule has 7 rings (SSSR count).